The average Bonchev–Trinajstić information content (AvgIpc) is 3.18. The molecule has 0 bridgehead atoms. The minimum atomic E-state index is -0.484. The second kappa shape index (κ2) is 9.47. The van der Waals surface area contributed by atoms with Crippen molar-refractivity contribution in [2.24, 2.45) is 0 Å². The Labute approximate surface area is 175 Å². The Bertz CT molecular complexity index is 1040. The van der Waals surface area contributed by atoms with Gasteiger partial charge in [0.1, 0.15) is 6.33 Å². The molecular weight excluding hydrogens is 382 g/mol. The third kappa shape index (κ3) is 5.20. The first-order valence-corrected chi connectivity index (χ1v) is 10.0. The molecule has 0 aliphatic carbocycles. The molecule has 8 heteroatoms. The number of amides is 1. The summed E-state index contributed by atoms with van der Waals surface area (Å²) in [7, 11) is 0. The van der Waals surface area contributed by atoms with Crippen LogP contribution in [0.1, 0.15) is 47.8 Å². The van der Waals surface area contributed by atoms with Crippen molar-refractivity contribution < 1.29 is 14.3 Å². The van der Waals surface area contributed by atoms with E-state index in [4.69, 9.17) is 4.74 Å². The molecular formula is C22H27N5O3. The molecule has 0 saturated heterocycles. The molecule has 1 N–H and O–H groups in total. The highest BCUT2D eigenvalue weighted by molar-refractivity contribution is 5.81. The third-order valence-corrected chi connectivity index (χ3v) is 5.06. The number of nitrogens with zero attached hydrogens (tertiary/aromatic N) is 4. The van der Waals surface area contributed by atoms with E-state index in [0.29, 0.717) is 23.9 Å². The van der Waals surface area contributed by atoms with E-state index < -0.39 is 5.97 Å². The molecule has 2 heterocycles. The molecule has 0 atom stereocenters. The molecule has 3 rings (SSSR count). The zero-order valence-electron chi connectivity index (χ0n) is 17.8. The predicted octanol–water partition coefficient (Wildman–Crippen LogP) is 2.31. The fraction of sp³-hybridized carbons (Fsp3) is 0.409. The Morgan fingerprint density at radius 3 is 2.60 bits per heavy atom. The van der Waals surface area contributed by atoms with Gasteiger partial charge in [-0.3, -0.25) is 9.59 Å². The fourth-order valence-corrected chi connectivity index (χ4v) is 3.22. The van der Waals surface area contributed by atoms with E-state index in [0.717, 1.165) is 23.2 Å². The van der Waals surface area contributed by atoms with Crippen molar-refractivity contribution in [1.29, 1.82) is 0 Å². The second-order valence-corrected chi connectivity index (χ2v) is 7.57. The summed E-state index contributed by atoms with van der Waals surface area (Å²) >= 11 is 0. The molecule has 1 aromatic carbocycles. The number of hydrogen-bond acceptors (Lipinski definition) is 6. The maximum atomic E-state index is 12.2. The summed E-state index contributed by atoms with van der Waals surface area (Å²) < 4.78 is 6.71. The molecule has 0 unspecified atom stereocenters. The van der Waals surface area contributed by atoms with Gasteiger partial charge in [-0.2, -0.15) is 10.1 Å². The summed E-state index contributed by atoms with van der Waals surface area (Å²) in [4.78, 5) is 32.6. The van der Waals surface area contributed by atoms with Gasteiger partial charge in [0, 0.05) is 23.5 Å². The quantitative estimate of drug-likeness (QED) is 0.573. The molecule has 3 aromatic rings. The van der Waals surface area contributed by atoms with E-state index in [1.54, 1.807) is 4.52 Å². The normalized spacial score (nSPS) is 11.1. The Morgan fingerprint density at radius 2 is 1.90 bits per heavy atom. The summed E-state index contributed by atoms with van der Waals surface area (Å²) in [5, 5.41) is 6.88. The fourth-order valence-electron chi connectivity index (χ4n) is 3.22. The van der Waals surface area contributed by atoms with Gasteiger partial charge in [0.15, 0.2) is 6.61 Å². The van der Waals surface area contributed by atoms with Gasteiger partial charge in [0.25, 0.3) is 11.7 Å². The van der Waals surface area contributed by atoms with Gasteiger partial charge in [-0.05, 0) is 37.3 Å². The van der Waals surface area contributed by atoms with Crippen LogP contribution in [0.5, 0.6) is 0 Å². The van der Waals surface area contributed by atoms with Crippen molar-refractivity contribution >= 4 is 17.7 Å². The van der Waals surface area contributed by atoms with Crippen molar-refractivity contribution in [3.05, 3.63) is 58.7 Å². The molecule has 0 saturated carbocycles. The monoisotopic (exact) mass is 409 g/mol. The van der Waals surface area contributed by atoms with Crippen molar-refractivity contribution in [3.63, 3.8) is 0 Å². The standard InChI is InChI=1S/C22H27N5O3/c1-14(2)18-7-5-17(6-8-18)9-10-23-20(28)12-30-21(29)11-19-15(3)26-22-24-13-25-27(22)16(19)4/h5-8,13-14H,9-12H2,1-4H3,(H,23,28). The molecule has 1 amide bonds. The van der Waals surface area contributed by atoms with E-state index in [9.17, 15) is 9.59 Å². The number of carbonyl (C=O) groups is 2. The van der Waals surface area contributed by atoms with Crippen LogP contribution in [0.4, 0.5) is 0 Å². The van der Waals surface area contributed by atoms with Crippen LogP contribution in [-0.2, 0) is 27.2 Å². The number of esters is 1. The number of rotatable bonds is 8. The highest BCUT2D eigenvalue weighted by Gasteiger charge is 2.16. The molecule has 30 heavy (non-hydrogen) atoms. The lowest BCUT2D eigenvalue weighted by Gasteiger charge is -2.11. The number of aryl methyl sites for hydroxylation is 2. The number of ether oxygens (including phenoxy) is 1. The first-order valence-electron chi connectivity index (χ1n) is 10.0. The highest BCUT2D eigenvalue weighted by atomic mass is 16.5. The highest BCUT2D eigenvalue weighted by Crippen LogP contribution is 2.15. The number of carbonyl (C=O) groups excluding carboxylic acids is 2. The van der Waals surface area contributed by atoms with Crippen LogP contribution in [0.15, 0.2) is 30.6 Å². The third-order valence-electron chi connectivity index (χ3n) is 5.06. The van der Waals surface area contributed by atoms with Gasteiger partial charge in [-0.25, -0.2) is 9.50 Å². The lowest BCUT2D eigenvalue weighted by molar-refractivity contribution is -0.147. The maximum Gasteiger partial charge on any atom is 0.310 e. The SMILES string of the molecule is Cc1nc2ncnn2c(C)c1CC(=O)OCC(=O)NCCc1ccc(C(C)C)cc1. The van der Waals surface area contributed by atoms with Crippen LogP contribution in [0.3, 0.4) is 0 Å². The van der Waals surface area contributed by atoms with E-state index in [2.05, 4.69) is 58.5 Å². The Kier molecular flexibility index (Phi) is 6.76. The van der Waals surface area contributed by atoms with Gasteiger partial charge in [-0.15, -0.1) is 0 Å². The van der Waals surface area contributed by atoms with Crippen molar-refractivity contribution in [2.75, 3.05) is 13.2 Å². The van der Waals surface area contributed by atoms with Gasteiger partial charge < -0.3 is 10.1 Å². The molecule has 0 aliphatic rings. The van der Waals surface area contributed by atoms with Crippen molar-refractivity contribution in [1.82, 2.24) is 24.9 Å². The van der Waals surface area contributed by atoms with Crippen LogP contribution in [0.2, 0.25) is 0 Å². The summed E-state index contributed by atoms with van der Waals surface area (Å²) in [5.41, 5.74) is 4.64. The van der Waals surface area contributed by atoms with Crippen LogP contribution in [0, 0.1) is 13.8 Å². The molecule has 2 aromatic heterocycles. The van der Waals surface area contributed by atoms with E-state index >= 15 is 0 Å². The molecule has 158 valence electrons. The average molecular weight is 409 g/mol. The number of fused-ring (bicyclic) bond motifs is 1. The summed E-state index contributed by atoms with van der Waals surface area (Å²) in [6, 6.07) is 8.37. The maximum absolute atomic E-state index is 12.2. The Balaban J connectivity index is 1.44. The van der Waals surface area contributed by atoms with E-state index in [1.807, 2.05) is 13.8 Å². The molecule has 0 spiro atoms. The minimum absolute atomic E-state index is 0.0238. The topological polar surface area (TPSA) is 98.5 Å². The lowest BCUT2D eigenvalue weighted by atomic mass is 10.0. The molecule has 8 nitrogen and oxygen atoms in total. The first-order chi connectivity index (χ1) is 14.3. The number of hydrogen-bond donors (Lipinski definition) is 1. The molecule has 0 fully saturated rings. The second-order valence-electron chi connectivity index (χ2n) is 7.57. The zero-order chi connectivity index (χ0) is 21.7. The summed E-state index contributed by atoms with van der Waals surface area (Å²) in [5.74, 6) is 0.178. The number of nitrogens with one attached hydrogen (secondary N) is 1. The smallest absolute Gasteiger partial charge is 0.310 e. The van der Waals surface area contributed by atoms with Crippen molar-refractivity contribution in [3.8, 4) is 0 Å². The van der Waals surface area contributed by atoms with Crippen LogP contribution in [0.25, 0.3) is 5.78 Å². The number of benzene rings is 1. The van der Waals surface area contributed by atoms with Gasteiger partial charge >= 0.3 is 5.97 Å². The number of aromatic nitrogens is 4. The predicted molar refractivity (Wildman–Crippen MR) is 112 cm³/mol. The first kappa shape index (κ1) is 21.4. The summed E-state index contributed by atoms with van der Waals surface area (Å²) in [6.07, 6.45) is 2.16. The Hall–Kier alpha value is -3.29. The lowest BCUT2D eigenvalue weighted by Crippen LogP contribution is -2.30. The van der Waals surface area contributed by atoms with Gasteiger partial charge in [0.2, 0.25) is 0 Å². The minimum Gasteiger partial charge on any atom is -0.455 e. The largest absolute Gasteiger partial charge is 0.455 e. The Morgan fingerprint density at radius 1 is 1.17 bits per heavy atom. The van der Waals surface area contributed by atoms with Crippen LogP contribution in [-0.4, -0.2) is 44.6 Å². The van der Waals surface area contributed by atoms with Crippen LogP contribution < -0.4 is 5.32 Å². The van der Waals surface area contributed by atoms with E-state index in [-0.39, 0.29) is 18.9 Å². The van der Waals surface area contributed by atoms with Gasteiger partial charge in [0.05, 0.1) is 6.42 Å². The molecule has 0 aliphatic heterocycles. The zero-order valence-corrected chi connectivity index (χ0v) is 17.8. The van der Waals surface area contributed by atoms with E-state index in [1.165, 1.54) is 11.9 Å². The summed E-state index contributed by atoms with van der Waals surface area (Å²) in [6.45, 7) is 8.15. The molecule has 0 radical (unpaired) electrons. The van der Waals surface area contributed by atoms with Crippen LogP contribution >= 0.6 is 0 Å². The van der Waals surface area contributed by atoms with Crippen molar-refractivity contribution in [2.45, 2.75) is 46.5 Å². The van der Waals surface area contributed by atoms with Gasteiger partial charge in [-0.1, -0.05) is 38.1 Å².